The number of nitrogens with zero attached hydrogens (tertiary/aromatic N) is 3. The van der Waals surface area contributed by atoms with Gasteiger partial charge in [-0.25, -0.2) is 4.98 Å². The van der Waals surface area contributed by atoms with E-state index in [9.17, 15) is 4.79 Å². The van der Waals surface area contributed by atoms with E-state index < -0.39 is 0 Å². The van der Waals surface area contributed by atoms with Gasteiger partial charge in [-0.15, -0.1) is 0 Å². The summed E-state index contributed by atoms with van der Waals surface area (Å²) in [5.41, 5.74) is 7.59. The van der Waals surface area contributed by atoms with Crippen LogP contribution in [-0.4, -0.2) is 28.3 Å². The second-order valence-electron chi connectivity index (χ2n) is 4.90. The van der Waals surface area contributed by atoms with Crippen LogP contribution < -0.4 is 11.3 Å². The van der Waals surface area contributed by atoms with Crippen LogP contribution in [0.1, 0.15) is 0 Å². The highest BCUT2D eigenvalue weighted by molar-refractivity contribution is 5.82. The maximum Gasteiger partial charge on any atom is 0.261 e. The van der Waals surface area contributed by atoms with Crippen LogP contribution in [0.4, 0.5) is 5.69 Å². The molecule has 3 aromatic rings. The van der Waals surface area contributed by atoms with Gasteiger partial charge in [0.2, 0.25) is 0 Å². The van der Waals surface area contributed by atoms with Crippen molar-refractivity contribution in [2.24, 2.45) is 0 Å². The lowest BCUT2D eigenvalue weighted by atomic mass is 10.2. The van der Waals surface area contributed by atoms with Gasteiger partial charge in [0.1, 0.15) is 5.82 Å². The number of pyridine rings is 1. The Balaban J connectivity index is 2.29. The van der Waals surface area contributed by atoms with Crippen LogP contribution in [0.5, 0.6) is 0 Å². The normalized spacial score (nSPS) is 11.0. The first-order chi connectivity index (χ1) is 10.7. The van der Waals surface area contributed by atoms with Gasteiger partial charge in [-0.05, 0) is 30.3 Å². The Bertz CT molecular complexity index is 859. The molecule has 0 radical (unpaired) electrons. The molecule has 0 bridgehead atoms. The average Bonchev–Trinajstić information content (AvgIpc) is 2.55. The van der Waals surface area contributed by atoms with Gasteiger partial charge < -0.3 is 10.5 Å². The van der Waals surface area contributed by atoms with Crippen LogP contribution in [0, 0.1) is 0 Å². The fourth-order valence-corrected chi connectivity index (χ4v) is 2.34. The molecule has 0 spiro atoms. The fourth-order valence-electron chi connectivity index (χ4n) is 2.34. The van der Waals surface area contributed by atoms with Crippen molar-refractivity contribution in [1.29, 1.82) is 0 Å². The van der Waals surface area contributed by atoms with Gasteiger partial charge in [0, 0.05) is 30.8 Å². The number of benzene rings is 1. The number of anilines is 1. The Kier molecular flexibility index (Phi) is 3.84. The molecule has 112 valence electrons. The molecule has 2 N–H and O–H groups in total. The maximum atomic E-state index is 12.8. The van der Waals surface area contributed by atoms with Crippen molar-refractivity contribution in [2.45, 2.75) is 6.54 Å². The molecular weight excluding hydrogens is 280 g/mol. The summed E-state index contributed by atoms with van der Waals surface area (Å²) in [6.07, 6.45) is 3.37. The Morgan fingerprint density at radius 1 is 1.32 bits per heavy atom. The molecular formula is C16H16N4O2. The molecule has 1 aromatic carbocycles. The number of hydrogen-bond acceptors (Lipinski definition) is 5. The quantitative estimate of drug-likeness (QED) is 0.741. The molecule has 22 heavy (non-hydrogen) atoms. The van der Waals surface area contributed by atoms with Crippen molar-refractivity contribution in [3.8, 4) is 11.4 Å². The smallest absolute Gasteiger partial charge is 0.261 e. The van der Waals surface area contributed by atoms with Gasteiger partial charge in [0.25, 0.3) is 5.56 Å². The van der Waals surface area contributed by atoms with E-state index in [0.29, 0.717) is 35.6 Å². The number of nitrogen functional groups attached to an aromatic ring is 1. The maximum absolute atomic E-state index is 12.8. The molecule has 3 rings (SSSR count). The molecule has 0 aliphatic carbocycles. The molecule has 2 aromatic heterocycles. The van der Waals surface area contributed by atoms with Crippen molar-refractivity contribution >= 4 is 16.6 Å². The first-order valence-corrected chi connectivity index (χ1v) is 6.90. The zero-order chi connectivity index (χ0) is 15.5. The number of ether oxygens (including phenoxy) is 1. The van der Waals surface area contributed by atoms with Gasteiger partial charge in [-0.3, -0.25) is 14.3 Å². The predicted octanol–water partition coefficient (Wildman–Crippen LogP) is 1.69. The van der Waals surface area contributed by atoms with Gasteiger partial charge in [-0.2, -0.15) is 0 Å². The summed E-state index contributed by atoms with van der Waals surface area (Å²) < 4.78 is 6.70. The SMILES string of the molecule is COCCn1c(-c2cccnc2)nc2ccc(N)cc2c1=O. The number of hydrogen-bond donors (Lipinski definition) is 1. The van der Waals surface area contributed by atoms with E-state index in [1.807, 2.05) is 12.1 Å². The minimum Gasteiger partial charge on any atom is -0.399 e. The standard InChI is InChI=1S/C16H16N4O2/c1-22-8-7-20-15(11-3-2-6-18-10-11)19-14-5-4-12(17)9-13(14)16(20)21/h2-6,9-10H,7-8,17H2,1H3. The van der Waals surface area contributed by atoms with Crippen LogP contribution in [0.25, 0.3) is 22.3 Å². The summed E-state index contributed by atoms with van der Waals surface area (Å²) in [6, 6.07) is 8.84. The summed E-state index contributed by atoms with van der Waals surface area (Å²) >= 11 is 0. The number of fused-ring (bicyclic) bond motifs is 1. The van der Waals surface area contributed by atoms with Gasteiger partial charge in [0.05, 0.1) is 24.1 Å². The number of aromatic nitrogens is 3. The van der Waals surface area contributed by atoms with E-state index >= 15 is 0 Å². The van der Waals surface area contributed by atoms with Crippen molar-refractivity contribution < 1.29 is 4.74 Å². The van der Waals surface area contributed by atoms with Crippen LogP contribution >= 0.6 is 0 Å². The summed E-state index contributed by atoms with van der Waals surface area (Å²) in [6.45, 7) is 0.833. The summed E-state index contributed by atoms with van der Waals surface area (Å²) in [5, 5.41) is 0.503. The van der Waals surface area contributed by atoms with Crippen LogP contribution in [-0.2, 0) is 11.3 Å². The van der Waals surface area contributed by atoms with Crippen molar-refractivity contribution in [3.05, 3.63) is 53.1 Å². The highest BCUT2D eigenvalue weighted by atomic mass is 16.5. The second-order valence-corrected chi connectivity index (χ2v) is 4.90. The molecule has 0 saturated heterocycles. The summed E-state index contributed by atoms with van der Waals surface area (Å²) in [7, 11) is 1.60. The third kappa shape index (κ3) is 2.56. The van der Waals surface area contributed by atoms with Crippen molar-refractivity contribution in [2.75, 3.05) is 19.5 Å². The molecule has 2 heterocycles. The minimum absolute atomic E-state index is 0.131. The minimum atomic E-state index is -0.131. The number of rotatable bonds is 4. The molecule has 0 saturated carbocycles. The Morgan fingerprint density at radius 2 is 2.18 bits per heavy atom. The van der Waals surface area contributed by atoms with E-state index in [1.165, 1.54) is 0 Å². The monoisotopic (exact) mass is 296 g/mol. The highest BCUT2D eigenvalue weighted by Gasteiger charge is 2.13. The topological polar surface area (TPSA) is 83.0 Å². The Morgan fingerprint density at radius 3 is 2.91 bits per heavy atom. The Hall–Kier alpha value is -2.73. The first-order valence-electron chi connectivity index (χ1n) is 6.90. The predicted molar refractivity (Wildman–Crippen MR) is 85.5 cm³/mol. The third-order valence-corrected chi connectivity index (χ3v) is 3.42. The highest BCUT2D eigenvalue weighted by Crippen LogP contribution is 2.19. The summed E-state index contributed by atoms with van der Waals surface area (Å²) in [5.74, 6) is 0.576. The Labute approximate surface area is 127 Å². The van der Waals surface area contributed by atoms with Crippen molar-refractivity contribution in [1.82, 2.24) is 14.5 Å². The van der Waals surface area contributed by atoms with E-state index in [4.69, 9.17) is 10.5 Å². The number of methoxy groups -OCH3 is 1. The molecule has 6 heteroatoms. The van der Waals surface area contributed by atoms with Crippen LogP contribution in [0.2, 0.25) is 0 Å². The first kappa shape index (κ1) is 14.2. The fraction of sp³-hybridized carbons (Fsp3) is 0.188. The molecule has 0 aliphatic rings. The zero-order valence-electron chi connectivity index (χ0n) is 12.2. The van der Waals surface area contributed by atoms with E-state index in [-0.39, 0.29) is 5.56 Å². The average molecular weight is 296 g/mol. The molecule has 0 fully saturated rings. The lowest BCUT2D eigenvalue weighted by Crippen LogP contribution is -2.25. The molecule has 0 atom stereocenters. The zero-order valence-corrected chi connectivity index (χ0v) is 12.2. The van der Waals surface area contributed by atoms with Gasteiger partial charge in [-0.1, -0.05) is 0 Å². The molecule has 0 aliphatic heterocycles. The van der Waals surface area contributed by atoms with Crippen molar-refractivity contribution in [3.63, 3.8) is 0 Å². The lowest BCUT2D eigenvalue weighted by Gasteiger charge is -2.13. The molecule has 6 nitrogen and oxygen atoms in total. The van der Waals surface area contributed by atoms with Crippen LogP contribution in [0.15, 0.2) is 47.5 Å². The second kappa shape index (κ2) is 5.95. The van der Waals surface area contributed by atoms with E-state index in [2.05, 4.69) is 9.97 Å². The van der Waals surface area contributed by atoms with E-state index in [1.54, 1.807) is 42.3 Å². The number of nitrogens with two attached hydrogens (primary N) is 1. The third-order valence-electron chi connectivity index (χ3n) is 3.42. The molecule has 0 unspecified atom stereocenters. The van der Waals surface area contributed by atoms with Crippen LogP contribution in [0.3, 0.4) is 0 Å². The lowest BCUT2D eigenvalue weighted by molar-refractivity contribution is 0.186. The van der Waals surface area contributed by atoms with Gasteiger partial charge in [0.15, 0.2) is 0 Å². The molecule has 0 amide bonds. The summed E-state index contributed by atoms with van der Waals surface area (Å²) in [4.78, 5) is 21.5. The van der Waals surface area contributed by atoms with E-state index in [0.717, 1.165) is 5.56 Å². The largest absolute Gasteiger partial charge is 0.399 e. The van der Waals surface area contributed by atoms with Gasteiger partial charge >= 0.3 is 0 Å².